The number of hydrogen-bond donors (Lipinski definition) is 0. The van der Waals surface area contributed by atoms with Crippen molar-refractivity contribution in [2.24, 2.45) is 0 Å². The van der Waals surface area contributed by atoms with Gasteiger partial charge in [0.25, 0.3) is 0 Å². The summed E-state index contributed by atoms with van der Waals surface area (Å²) in [6, 6.07) is 21.1. The summed E-state index contributed by atoms with van der Waals surface area (Å²) < 4.78 is 35.2. The monoisotopic (exact) mass is 536 g/mol. The standard InChI is InChI=1S/C28H40O6S2/c1-3-7-25(8-4-1)21-35-23-27-28(24-36-22-26-9-5-2-6-10-26)34-20-18-32-16-14-30-12-11-29-13-15-31-17-19-33-27/h1-10,27-28H,11-24H2/t27-,28-/m0/s1. The van der Waals surface area contributed by atoms with Crippen LogP contribution in [0.2, 0.25) is 0 Å². The molecule has 1 fully saturated rings. The number of ether oxygens (including phenoxy) is 6. The molecule has 1 aliphatic rings. The summed E-state index contributed by atoms with van der Waals surface area (Å²) in [6.45, 7) is 5.45. The zero-order valence-electron chi connectivity index (χ0n) is 21.1. The number of hydrogen-bond acceptors (Lipinski definition) is 8. The van der Waals surface area contributed by atoms with E-state index in [1.54, 1.807) is 0 Å². The minimum Gasteiger partial charge on any atom is -0.377 e. The second-order valence-corrected chi connectivity index (χ2v) is 10.3. The highest BCUT2D eigenvalue weighted by Gasteiger charge is 2.24. The van der Waals surface area contributed by atoms with Gasteiger partial charge in [-0.15, -0.1) is 0 Å². The lowest BCUT2D eigenvalue weighted by molar-refractivity contribution is -0.0829. The van der Waals surface area contributed by atoms with Crippen molar-refractivity contribution >= 4 is 23.5 Å². The smallest absolute Gasteiger partial charge is 0.0936 e. The maximum absolute atomic E-state index is 6.36. The Bertz CT molecular complexity index is 702. The Morgan fingerprint density at radius 2 is 0.806 bits per heavy atom. The SMILES string of the molecule is c1ccc(CSC[C@@H]2OCCOCCOCCOCCOCCO[C@H]2CSCc2ccccc2)cc1. The van der Waals surface area contributed by atoms with Crippen LogP contribution in [0.1, 0.15) is 11.1 Å². The van der Waals surface area contributed by atoms with Crippen LogP contribution in [0.4, 0.5) is 0 Å². The van der Waals surface area contributed by atoms with Crippen molar-refractivity contribution in [1.29, 1.82) is 0 Å². The van der Waals surface area contributed by atoms with Gasteiger partial charge in [0.05, 0.1) is 78.3 Å². The summed E-state index contributed by atoms with van der Waals surface area (Å²) in [5, 5.41) is 0. The molecule has 8 heteroatoms. The molecule has 1 aliphatic heterocycles. The molecule has 36 heavy (non-hydrogen) atoms. The third kappa shape index (κ3) is 13.4. The van der Waals surface area contributed by atoms with Crippen molar-refractivity contribution in [2.75, 3.05) is 77.6 Å². The maximum atomic E-state index is 6.36. The average Bonchev–Trinajstić information content (AvgIpc) is 2.91. The summed E-state index contributed by atoms with van der Waals surface area (Å²) in [4.78, 5) is 0. The topological polar surface area (TPSA) is 55.4 Å². The molecule has 1 saturated heterocycles. The van der Waals surface area contributed by atoms with Crippen LogP contribution in [0, 0.1) is 0 Å². The van der Waals surface area contributed by atoms with Crippen molar-refractivity contribution < 1.29 is 28.4 Å². The van der Waals surface area contributed by atoms with Gasteiger partial charge in [-0.3, -0.25) is 0 Å². The predicted octanol–water partition coefficient (Wildman–Crippen LogP) is 4.70. The van der Waals surface area contributed by atoms with Crippen LogP contribution in [-0.4, -0.2) is 89.8 Å². The molecule has 0 N–H and O–H groups in total. The van der Waals surface area contributed by atoms with Crippen LogP contribution < -0.4 is 0 Å². The van der Waals surface area contributed by atoms with E-state index in [0.29, 0.717) is 66.1 Å². The molecule has 3 rings (SSSR count). The third-order valence-electron chi connectivity index (χ3n) is 5.44. The van der Waals surface area contributed by atoms with E-state index in [9.17, 15) is 0 Å². The van der Waals surface area contributed by atoms with Crippen LogP contribution in [0.3, 0.4) is 0 Å². The first-order chi connectivity index (χ1) is 17.9. The van der Waals surface area contributed by atoms with Crippen molar-refractivity contribution in [2.45, 2.75) is 23.7 Å². The lowest BCUT2D eigenvalue weighted by Gasteiger charge is -2.27. The fourth-order valence-electron chi connectivity index (χ4n) is 3.54. The molecule has 2 atom stereocenters. The zero-order valence-corrected chi connectivity index (χ0v) is 22.7. The van der Waals surface area contributed by atoms with Crippen LogP contribution in [0.5, 0.6) is 0 Å². The maximum Gasteiger partial charge on any atom is 0.0936 e. The fourth-order valence-corrected chi connectivity index (χ4v) is 5.72. The fraction of sp³-hybridized carbons (Fsp3) is 0.571. The van der Waals surface area contributed by atoms with E-state index in [2.05, 4.69) is 60.7 Å². The summed E-state index contributed by atoms with van der Waals surface area (Å²) >= 11 is 3.76. The Morgan fingerprint density at radius 1 is 0.472 bits per heavy atom. The van der Waals surface area contributed by atoms with Crippen molar-refractivity contribution in [3.05, 3.63) is 71.8 Å². The lowest BCUT2D eigenvalue weighted by atomic mass is 10.2. The van der Waals surface area contributed by atoms with Crippen molar-refractivity contribution in [3.8, 4) is 0 Å². The molecule has 200 valence electrons. The van der Waals surface area contributed by atoms with Crippen LogP contribution in [-0.2, 0) is 39.9 Å². The second kappa shape index (κ2) is 19.9. The lowest BCUT2D eigenvalue weighted by Crippen LogP contribution is -2.37. The van der Waals surface area contributed by atoms with Crippen molar-refractivity contribution in [1.82, 2.24) is 0 Å². The molecule has 1 heterocycles. The first kappa shape index (κ1) is 29.5. The Hall–Kier alpha value is -1.10. The molecule has 0 radical (unpaired) electrons. The second-order valence-electron chi connectivity index (χ2n) is 8.27. The molecule has 6 nitrogen and oxygen atoms in total. The van der Waals surface area contributed by atoms with Crippen LogP contribution in [0.25, 0.3) is 0 Å². The minimum absolute atomic E-state index is 0.0379. The minimum atomic E-state index is -0.0379. The highest BCUT2D eigenvalue weighted by Crippen LogP contribution is 2.21. The number of rotatable bonds is 8. The zero-order chi connectivity index (χ0) is 24.9. The quantitative estimate of drug-likeness (QED) is 0.481. The normalized spacial score (nSPS) is 21.9. The van der Waals surface area contributed by atoms with Crippen molar-refractivity contribution in [3.63, 3.8) is 0 Å². The van der Waals surface area contributed by atoms with E-state index >= 15 is 0 Å². The number of benzene rings is 2. The van der Waals surface area contributed by atoms with E-state index < -0.39 is 0 Å². The van der Waals surface area contributed by atoms with E-state index in [1.165, 1.54) is 11.1 Å². The first-order valence-corrected chi connectivity index (χ1v) is 15.0. The van der Waals surface area contributed by atoms with Gasteiger partial charge >= 0.3 is 0 Å². The molecule has 2 aromatic carbocycles. The molecule has 0 aromatic heterocycles. The molecular formula is C28H40O6S2. The van der Waals surface area contributed by atoms with Crippen LogP contribution in [0.15, 0.2) is 60.7 Å². The van der Waals surface area contributed by atoms with Gasteiger partial charge in [-0.25, -0.2) is 0 Å². The van der Waals surface area contributed by atoms with Gasteiger partial charge in [0.2, 0.25) is 0 Å². The molecule has 0 saturated carbocycles. The average molecular weight is 537 g/mol. The third-order valence-corrected chi connectivity index (χ3v) is 7.64. The van der Waals surface area contributed by atoms with Gasteiger partial charge in [-0.2, -0.15) is 23.5 Å². The molecular weight excluding hydrogens is 496 g/mol. The summed E-state index contributed by atoms with van der Waals surface area (Å²) in [5.41, 5.74) is 2.63. The van der Waals surface area contributed by atoms with Gasteiger partial charge < -0.3 is 28.4 Å². The highest BCUT2D eigenvalue weighted by atomic mass is 32.2. The van der Waals surface area contributed by atoms with Gasteiger partial charge in [0.1, 0.15) is 0 Å². The first-order valence-electron chi connectivity index (χ1n) is 12.7. The summed E-state index contributed by atoms with van der Waals surface area (Å²) in [7, 11) is 0. The van der Waals surface area contributed by atoms with E-state index in [4.69, 9.17) is 28.4 Å². The number of thioether (sulfide) groups is 2. The molecule has 0 aliphatic carbocycles. The molecule has 0 bridgehead atoms. The van der Waals surface area contributed by atoms with Gasteiger partial charge in [0, 0.05) is 23.0 Å². The molecule has 0 amide bonds. The molecule has 0 unspecified atom stereocenters. The van der Waals surface area contributed by atoms with Gasteiger partial charge in [0.15, 0.2) is 0 Å². The largest absolute Gasteiger partial charge is 0.377 e. The van der Waals surface area contributed by atoms with E-state index in [1.807, 2.05) is 23.5 Å². The molecule has 2 aromatic rings. The summed E-state index contributed by atoms with van der Waals surface area (Å²) in [6.07, 6.45) is -0.0758. The van der Waals surface area contributed by atoms with Gasteiger partial charge in [-0.1, -0.05) is 60.7 Å². The Labute approximate surface area is 224 Å². The van der Waals surface area contributed by atoms with E-state index in [-0.39, 0.29) is 12.2 Å². The highest BCUT2D eigenvalue weighted by molar-refractivity contribution is 7.98. The Morgan fingerprint density at radius 3 is 1.17 bits per heavy atom. The predicted molar refractivity (Wildman–Crippen MR) is 148 cm³/mol. The Balaban J connectivity index is 1.56. The van der Waals surface area contributed by atoms with E-state index in [0.717, 1.165) is 23.0 Å². The van der Waals surface area contributed by atoms with Gasteiger partial charge in [-0.05, 0) is 11.1 Å². The summed E-state index contributed by atoms with van der Waals surface area (Å²) in [5.74, 6) is 3.59. The molecule has 0 spiro atoms. The Kier molecular flexibility index (Phi) is 16.3. The van der Waals surface area contributed by atoms with Crippen LogP contribution >= 0.6 is 23.5 Å².